The molecule has 0 radical (unpaired) electrons. The van der Waals surface area contributed by atoms with E-state index in [9.17, 15) is 0 Å². The van der Waals surface area contributed by atoms with Crippen LogP contribution >= 0.6 is 0 Å². The second-order valence-corrected chi connectivity index (χ2v) is 4.32. The first kappa shape index (κ1) is 13.9. The molecule has 1 heterocycles. The van der Waals surface area contributed by atoms with Crippen molar-refractivity contribution < 1.29 is 4.74 Å². The van der Waals surface area contributed by atoms with Crippen molar-refractivity contribution in [3.8, 4) is 0 Å². The third-order valence-corrected chi connectivity index (χ3v) is 2.81. The molecule has 4 nitrogen and oxygen atoms in total. The number of ether oxygens (including phenoxy) is 1. The van der Waals surface area contributed by atoms with Gasteiger partial charge < -0.3 is 10.1 Å². The van der Waals surface area contributed by atoms with E-state index >= 15 is 0 Å². The van der Waals surface area contributed by atoms with E-state index < -0.39 is 0 Å². The Morgan fingerprint density at radius 2 is 2.24 bits per heavy atom. The number of nitrogens with one attached hydrogen (secondary N) is 1. The standard InChI is InChI=1S/C13H23N3O/c1-11(2)16(8-9-17-4)10-12-6-5-7-15-13(12)14-3/h5-7,11H,8-10H2,1-4H3,(H,14,15). The summed E-state index contributed by atoms with van der Waals surface area (Å²) < 4.78 is 5.14. The smallest absolute Gasteiger partial charge is 0.130 e. The van der Waals surface area contributed by atoms with Crippen LogP contribution in [0.25, 0.3) is 0 Å². The minimum atomic E-state index is 0.495. The van der Waals surface area contributed by atoms with Crippen LogP contribution in [0.5, 0.6) is 0 Å². The summed E-state index contributed by atoms with van der Waals surface area (Å²) in [6.45, 7) is 6.99. The topological polar surface area (TPSA) is 37.4 Å². The molecule has 0 aliphatic rings. The second-order valence-electron chi connectivity index (χ2n) is 4.32. The number of methoxy groups -OCH3 is 1. The molecule has 0 unspecified atom stereocenters. The summed E-state index contributed by atoms with van der Waals surface area (Å²) in [6, 6.07) is 4.58. The lowest BCUT2D eigenvalue weighted by molar-refractivity contribution is 0.125. The van der Waals surface area contributed by atoms with Crippen LogP contribution < -0.4 is 5.32 Å². The maximum absolute atomic E-state index is 5.14. The molecular weight excluding hydrogens is 214 g/mol. The Morgan fingerprint density at radius 3 is 2.82 bits per heavy atom. The van der Waals surface area contributed by atoms with Crippen molar-refractivity contribution in [3.63, 3.8) is 0 Å². The fourth-order valence-electron chi connectivity index (χ4n) is 1.74. The summed E-state index contributed by atoms with van der Waals surface area (Å²) in [4.78, 5) is 6.70. The molecule has 4 heteroatoms. The van der Waals surface area contributed by atoms with Crippen LogP contribution in [0.4, 0.5) is 5.82 Å². The maximum Gasteiger partial charge on any atom is 0.130 e. The Hall–Kier alpha value is -1.13. The van der Waals surface area contributed by atoms with Crippen molar-refractivity contribution in [1.82, 2.24) is 9.88 Å². The molecule has 1 aromatic rings. The third kappa shape index (κ3) is 4.32. The summed E-state index contributed by atoms with van der Waals surface area (Å²) in [6.07, 6.45) is 1.81. The Bertz CT molecular complexity index is 328. The van der Waals surface area contributed by atoms with Crippen molar-refractivity contribution in [2.45, 2.75) is 26.4 Å². The number of hydrogen-bond donors (Lipinski definition) is 1. The van der Waals surface area contributed by atoms with E-state index in [1.165, 1.54) is 5.56 Å². The van der Waals surface area contributed by atoms with Crippen LogP contribution in [0.3, 0.4) is 0 Å². The van der Waals surface area contributed by atoms with Gasteiger partial charge in [0, 0.05) is 45.0 Å². The Morgan fingerprint density at radius 1 is 1.47 bits per heavy atom. The van der Waals surface area contributed by atoms with Crippen molar-refractivity contribution in [2.24, 2.45) is 0 Å². The number of nitrogens with zero attached hydrogens (tertiary/aromatic N) is 2. The predicted octanol–water partition coefficient (Wildman–Crippen LogP) is 1.98. The molecule has 1 aromatic heterocycles. The minimum absolute atomic E-state index is 0.495. The lowest BCUT2D eigenvalue weighted by atomic mass is 10.2. The van der Waals surface area contributed by atoms with E-state index in [1.807, 2.05) is 19.3 Å². The van der Waals surface area contributed by atoms with Crippen molar-refractivity contribution in [1.29, 1.82) is 0 Å². The molecule has 0 atom stereocenters. The SMILES string of the molecule is CNc1ncccc1CN(CCOC)C(C)C. The van der Waals surface area contributed by atoms with Gasteiger partial charge in [-0.05, 0) is 19.9 Å². The number of pyridine rings is 1. The first-order valence-corrected chi connectivity index (χ1v) is 6.03. The van der Waals surface area contributed by atoms with Gasteiger partial charge in [-0.1, -0.05) is 6.07 Å². The van der Waals surface area contributed by atoms with Gasteiger partial charge in [-0.15, -0.1) is 0 Å². The molecule has 0 saturated carbocycles. The number of rotatable bonds is 7. The highest BCUT2D eigenvalue weighted by Crippen LogP contribution is 2.14. The normalized spacial score (nSPS) is 11.2. The first-order chi connectivity index (χ1) is 8.19. The van der Waals surface area contributed by atoms with Crippen molar-refractivity contribution in [2.75, 3.05) is 32.6 Å². The van der Waals surface area contributed by atoms with Crippen molar-refractivity contribution in [3.05, 3.63) is 23.9 Å². The summed E-state index contributed by atoms with van der Waals surface area (Å²) in [7, 11) is 3.64. The van der Waals surface area contributed by atoms with E-state index in [4.69, 9.17) is 4.74 Å². The molecule has 0 saturated heterocycles. The molecule has 0 fully saturated rings. The van der Waals surface area contributed by atoms with Crippen LogP contribution in [0, 0.1) is 0 Å². The molecule has 0 amide bonds. The number of hydrogen-bond acceptors (Lipinski definition) is 4. The zero-order chi connectivity index (χ0) is 12.7. The van der Waals surface area contributed by atoms with Gasteiger partial charge in [0.2, 0.25) is 0 Å². The third-order valence-electron chi connectivity index (χ3n) is 2.81. The van der Waals surface area contributed by atoms with Gasteiger partial charge >= 0.3 is 0 Å². The summed E-state index contributed by atoms with van der Waals surface area (Å²) in [5, 5.41) is 3.13. The molecule has 0 aliphatic heterocycles. The van der Waals surface area contributed by atoms with Crippen LogP contribution in [0.2, 0.25) is 0 Å². The Balaban J connectivity index is 2.71. The lowest BCUT2D eigenvalue weighted by Crippen LogP contribution is -2.33. The van der Waals surface area contributed by atoms with Crippen LogP contribution in [-0.4, -0.2) is 43.2 Å². The average Bonchev–Trinajstić information content (AvgIpc) is 2.34. The summed E-state index contributed by atoms with van der Waals surface area (Å²) >= 11 is 0. The highest BCUT2D eigenvalue weighted by Gasteiger charge is 2.12. The largest absolute Gasteiger partial charge is 0.383 e. The van der Waals surface area contributed by atoms with Gasteiger partial charge in [0.25, 0.3) is 0 Å². The average molecular weight is 237 g/mol. The highest BCUT2D eigenvalue weighted by molar-refractivity contribution is 5.42. The lowest BCUT2D eigenvalue weighted by Gasteiger charge is -2.26. The molecule has 1 rings (SSSR count). The van der Waals surface area contributed by atoms with E-state index in [0.717, 1.165) is 25.5 Å². The van der Waals surface area contributed by atoms with E-state index in [2.05, 4.69) is 35.1 Å². The number of anilines is 1. The molecule has 0 aromatic carbocycles. The molecule has 0 spiro atoms. The fraction of sp³-hybridized carbons (Fsp3) is 0.615. The van der Waals surface area contributed by atoms with Crippen molar-refractivity contribution >= 4 is 5.82 Å². The van der Waals surface area contributed by atoms with Gasteiger partial charge in [-0.3, -0.25) is 4.90 Å². The van der Waals surface area contributed by atoms with Crippen LogP contribution in [0.15, 0.2) is 18.3 Å². The highest BCUT2D eigenvalue weighted by atomic mass is 16.5. The van der Waals surface area contributed by atoms with E-state index in [-0.39, 0.29) is 0 Å². The molecular formula is C13H23N3O. The predicted molar refractivity (Wildman–Crippen MR) is 71.2 cm³/mol. The molecule has 1 N–H and O–H groups in total. The van der Waals surface area contributed by atoms with Crippen LogP contribution in [-0.2, 0) is 11.3 Å². The van der Waals surface area contributed by atoms with Gasteiger partial charge in [-0.25, -0.2) is 4.98 Å². The van der Waals surface area contributed by atoms with E-state index in [1.54, 1.807) is 7.11 Å². The summed E-state index contributed by atoms with van der Waals surface area (Å²) in [5.74, 6) is 0.954. The molecule has 17 heavy (non-hydrogen) atoms. The second kappa shape index (κ2) is 7.25. The first-order valence-electron chi connectivity index (χ1n) is 6.03. The zero-order valence-corrected chi connectivity index (χ0v) is 11.2. The van der Waals surface area contributed by atoms with Gasteiger partial charge in [0.1, 0.15) is 5.82 Å². The van der Waals surface area contributed by atoms with Gasteiger partial charge in [0.05, 0.1) is 6.61 Å². The summed E-state index contributed by atoms with van der Waals surface area (Å²) in [5.41, 5.74) is 1.22. The number of aromatic nitrogens is 1. The van der Waals surface area contributed by atoms with E-state index in [0.29, 0.717) is 6.04 Å². The molecule has 0 aliphatic carbocycles. The van der Waals surface area contributed by atoms with Gasteiger partial charge in [0.15, 0.2) is 0 Å². The zero-order valence-electron chi connectivity index (χ0n) is 11.2. The Kier molecular flexibility index (Phi) is 5.94. The quantitative estimate of drug-likeness (QED) is 0.787. The van der Waals surface area contributed by atoms with Crippen LogP contribution in [0.1, 0.15) is 19.4 Å². The van der Waals surface area contributed by atoms with Gasteiger partial charge in [-0.2, -0.15) is 0 Å². The fourth-order valence-corrected chi connectivity index (χ4v) is 1.74. The molecule has 0 bridgehead atoms. The monoisotopic (exact) mass is 237 g/mol. The molecule has 96 valence electrons. The minimum Gasteiger partial charge on any atom is -0.383 e. The Labute approximate surface area is 104 Å². The maximum atomic E-state index is 5.14.